The van der Waals surface area contributed by atoms with Crippen molar-refractivity contribution in [1.29, 1.82) is 0 Å². The zero-order chi connectivity index (χ0) is 15.8. The number of nitro groups is 2. The van der Waals surface area contributed by atoms with Gasteiger partial charge in [-0.15, -0.1) is 0 Å². The lowest BCUT2D eigenvalue weighted by atomic mass is 10.1. The average Bonchev–Trinajstić information content (AvgIpc) is 2.63. The number of sulfone groups is 1. The number of allylic oxidation sites excluding steroid dienone is 1. The lowest BCUT2D eigenvalue weighted by Gasteiger charge is -2.00. The largest absolute Gasteiger partial charge is 0.270 e. The highest BCUT2D eigenvalue weighted by molar-refractivity contribution is 7.96. The highest BCUT2D eigenvalue weighted by atomic mass is 32.2. The summed E-state index contributed by atoms with van der Waals surface area (Å²) >= 11 is 0. The second-order valence-corrected chi connectivity index (χ2v) is 6.41. The van der Waals surface area contributed by atoms with Crippen molar-refractivity contribution in [3.63, 3.8) is 0 Å². The van der Waals surface area contributed by atoms with Crippen LogP contribution < -0.4 is 0 Å². The predicted molar refractivity (Wildman–Crippen MR) is 74.6 cm³/mol. The molecule has 0 N–H and O–H groups in total. The number of benzene rings is 1. The molecule has 9 heteroatoms. The summed E-state index contributed by atoms with van der Waals surface area (Å²) in [6, 6.07) is 5.39. The molecule has 21 heavy (non-hydrogen) atoms. The van der Waals surface area contributed by atoms with Gasteiger partial charge in [0.2, 0.25) is 0 Å². The molecule has 0 unspecified atom stereocenters. The van der Waals surface area contributed by atoms with E-state index in [4.69, 9.17) is 0 Å². The lowest BCUT2D eigenvalue weighted by molar-refractivity contribution is -0.424. The third-order valence-corrected chi connectivity index (χ3v) is 4.81. The van der Waals surface area contributed by atoms with E-state index >= 15 is 0 Å². The average molecular weight is 310 g/mol. The Bertz CT molecular complexity index is 807. The number of non-ortho nitro benzene ring substituents is 1. The lowest BCUT2D eigenvalue weighted by Crippen LogP contribution is -2.06. The summed E-state index contributed by atoms with van der Waals surface area (Å²) in [5.41, 5.74) is -0.194. The van der Waals surface area contributed by atoms with Crippen molar-refractivity contribution in [3.8, 4) is 0 Å². The van der Waals surface area contributed by atoms with Gasteiger partial charge in [-0.25, -0.2) is 8.42 Å². The first-order valence-corrected chi connectivity index (χ1v) is 7.41. The van der Waals surface area contributed by atoms with Gasteiger partial charge in [-0.1, -0.05) is 12.1 Å². The second-order valence-electron chi connectivity index (χ2n) is 4.45. The van der Waals surface area contributed by atoms with Gasteiger partial charge < -0.3 is 0 Å². The monoisotopic (exact) mass is 310 g/mol. The standard InChI is InChI=1S/C12H10N2O6S/c1-8-11(14(17)18)7-21(19,20)12(8)6-9-3-2-4-10(5-9)13(15)16/h2-6H,7H2,1H3. The number of nitro benzene ring substituents is 1. The molecule has 1 heterocycles. The molecule has 0 saturated heterocycles. The van der Waals surface area contributed by atoms with Gasteiger partial charge >= 0.3 is 0 Å². The van der Waals surface area contributed by atoms with E-state index in [1.165, 1.54) is 37.3 Å². The van der Waals surface area contributed by atoms with Gasteiger partial charge in [0.25, 0.3) is 11.4 Å². The minimum absolute atomic E-state index is 0.0616. The van der Waals surface area contributed by atoms with E-state index in [0.29, 0.717) is 5.56 Å². The molecule has 8 nitrogen and oxygen atoms in total. The van der Waals surface area contributed by atoms with Crippen LogP contribution >= 0.6 is 0 Å². The molecule has 1 aromatic rings. The summed E-state index contributed by atoms with van der Waals surface area (Å²) in [6.45, 7) is 1.35. The van der Waals surface area contributed by atoms with Crippen molar-refractivity contribution in [2.45, 2.75) is 6.92 Å². The van der Waals surface area contributed by atoms with E-state index in [-0.39, 0.29) is 21.9 Å². The number of hydrogen-bond acceptors (Lipinski definition) is 6. The van der Waals surface area contributed by atoms with Crippen LogP contribution in [0.5, 0.6) is 0 Å². The smallest absolute Gasteiger partial charge is 0.259 e. The van der Waals surface area contributed by atoms with Crippen LogP contribution in [0.2, 0.25) is 0 Å². The van der Waals surface area contributed by atoms with Gasteiger partial charge in [0.1, 0.15) is 5.75 Å². The number of hydrogen-bond donors (Lipinski definition) is 0. The van der Waals surface area contributed by atoms with Gasteiger partial charge in [-0.3, -0.25) is 20.2 Å². The quantitative estimate of drug-likeness (QED) is 0.621. The van der Waals surface area contributed by atoms with E-state index in [2.05, 4.69) is 0 Å². The molecule has 1 aliphatic heterocycles. The van der Waals surface area contributed by atoms with Crippen LogP contribution in [0.15, 0.2) is 40.4 Å². The minimum atomic E-state index is -3.79. The molecule has 0 atom stereocenters. The molecule has 0 fully saturated rings. The third-order valence-electron chi connectivity index (χ3n) is 3.06. The first-order valence-electron chi connectivity index (χ1n) is 5.76. The first-order chi connectivity index (χ1) is 9.72. The van der Waals surface area contributed by atoms with E-state index in [1.54, 1.807) is 0 Å². The predicted octanol–water partition coefficient (Wildman–Crippen LogP) is 1.91. The summed E-state index contributed by atoms with van der Waals surface area (Å²) in [6.07, 6.45) is 1.22. The topological polar surface area (TPSA) is 120 Å². The van der Waals surface area contributed by atoms with E-state index in [9.17, 15) is 28.6 Å². The molecule has 1 aromatic carbocycles. The van der Waals surface area contributed by atoms with Crippen LogP contribution in [0.1, 0.15) is 12.5 Å². The highest BCUT2D eigenvalue weighted by Crippen LogP contribution is 2.32. The van der Waals surface area contributed by atoms with Gasteiger partial charge in [0.05, 0.1) is 14.8 Å². The Morgan fingerprint density at radius 1 is 1.19 bits per heavy atom. The summed E-state index contributed by atoms with van der Waals surface area (Å²) in [5.74, 6) is -0.660. The van der Waals surface area contributed by atoms with Crippen molar-refractivity contribution in [1.82, 2.24) is 0 Å². The summed E-state index contributed by atoms with van der Waals surface area (Å²) in [7, 11) is -3.79. The molecular weight excluding hydrogens is 300 g/mol. The molecule has 110 valence electrons. The Morgan fingerprint density at radius 3 is 2.38 bits per heavy atom. The Balaban J connectivity index is 2.56. The van der Waals surface area contributed by atoms with E-state index < -0.39 is 25.4 Å². The fraction of sp³-hybridized carbons (Fsp3) is 0.167. The van der Waals surface area contributed by atoms with Gasteiger partial charge in [0, 0.05) is 17.7 Å². The minimum Gasteiger partial charge on any atom is -0.259 e. The Morgan fingerprint density at radius 2 is 1.86 bits per heavy atom. The Labute approximate surface area is 119 Å². The van der Waals surface area contributed by atoms with Crippen LogP contribution in [-0.4, -0.2) is 24.0 Å². The van der Waals surface area contributed by atoms with Crippen LogP contribution in [-0.2, 0) is 9.84 Å². The zero-order valence-corrected chi connectivity index (χ0v) is 11.7. The maximum absolute atomic E-state index is 12.0. The molecule has 0 spiro atoms. The van der Waals surface area contributed by atoms with Crippen molar-refractivity contribution >= 4 is 21.6 Å². The SMILES string of the molecule is CC1=C([N+](=O)[O-])CS(=O)(=O)C1=Cc1cccc([N+](=O)[O-])c1. The van der Waals surface area contributed by atoms with Crippen molar-refractivity contribution < 1.29 is 18.3 Å². The van der Waals surface area contributed by atoms with Gasteiger partial charge in [-0.05, 0) is 18.6 Å². The van der Waals surface area contributed by atoms with Gasteiger partial charge in [-0.2, -0.15) is 0 Å². The van der Waals surface area contributed by atoms with Crippen LogP contribution in [0.25, 0.3) is 6.08 Å². The summed E-state index contributed by atoms with van der Waals surface area (Å²) < 4.78 is 23.9. The maximum atomic E-state index is 12.0. The molecule has 0 aromatic heterocycles. The Hall–Kier alpha value is -2.55. The molecule has 1 aliphatic rings. The fourth-order valence-corrected chi connectivity index (χ4v) is 3.75. The molecule has 0 amide bonds. The normalized spacial score (nSPS) is 19.0. The molecule has 0 aliphatic carbocycles. The third kappa shape index (κ3) is 2.82. The molecule has 2 rings (SSSR count). The van der Waals surface area contributed by atoms with E-state index in [0.717, 1.165) is 0 Å². The Kier molecular flexibility index (Phi) is 3.60. The molecule has 0 saturated carbocycles. The molecule has 0 bridgehead atoms. The summed E-state index contributed by atoms with van der Waals surface area (Å²) in [4.78, 5) is 20.0. The van der Waals surface area contributed by atoms with E-state index in [1.807, 2.05) is 0 Å². The summed E-state index contributed by atoms with van der Waals surface area (Å²) in [5, 5.41) is 21.5. The highest BCUT2D eigenvalue weighted by Gasteiger charge is 2.38. The maximum Gasteiger partial charge on any atom is 0.270 e. The van der Waals surface area contributed by atoms with Crippen LogP contribution in [0, 0.1) is 20.2 Å². The van der Waals surface area contributed by atoms with Crippen molar-refractivity contribution in [3.05, 3.63) is 66.2 Å². The zero-order valence-electron chi connectivity index (χ0n) is 10.8. The number of rotatable bonds is 3. The fourth-order valence-electron chi connectivity index (χ4n) is 2.01. The second kappa shape index (κ2) is 5.09. The van der Waals surface area contributed by atoms with Gasteiger partial charge in [0.15, 0.2) is 9.84 Å². The molecule has 0 radical (unpaired) electrons. The number of nitrogens with zero attached hydrogens (tertiary/aromatic N) is 2. The van der Waals surface area contributed by atoms with Crippen molar-refractivity contribution in [2.75, 3.05) is 5.75 Å². The molecular formula is C12H10N2O6S. The van der Waals surface area contributed by atoms with Crippen LogP contribution in [0.4, 0.5) is 5.69 Å². The van der Waals surface area contributed by atoms with Crippen LogP contribution in [0.3, 0.4) is 0 Å². The van der Waals surface area contributed by atoms with Crippen molar-refractivity contribution in [2.24, 2.45) is 0 Å². The first kappa shape index (κ1) is 14.9.